The number of nitrogens with zero attached hydrogens (tertiary/aromatic N) is 1. The molecule has 56 valence electrons. The zero-order chi connectivity index (χ0) is 8.10. The molecule has 0 aromatic carbocycles. The Kier molecular flexibility index (Phi) is 2.72. The fourth-order valence-corrected chi connectivity index (χ4v) is 0.684. The van der Waals surface area contributed by atoms with Crippen LogP contribution in [0.3, 0.4) is 0 Å². The van der Waals surface area contributed by atoms with E-state index >= 15 is 0 Å². The average Bonchev–Trinajstić information content (AvgIpc) is 2.52. The topological polar surface area (TPSA) is 42.6 Å². The third-order valence-electron chi connectivity index (χ3n) is 1.08. The van der Waals surface area contributed by atoms with E-state index in [0.717, 1.165) is 0 Å². The quantitative estimate of drug-likeness (QED) is 0.390. The zero-order valence-corrected chi connectivity index (χ0v) is 6.43. The minimum absolute atomic E-state index is 0.0109. The Bertz CT molecular complexity index is 285. The molecule has 0 saturated heterocycles. The number of hydrogen-bond donors (Lipinski definition) is 0. The van der Waals surface area contributed by atoms with E-state index in [1.165, 1.54) is 6.26 Å². The third-order valence-corrected chi connectivity index (χ3v) is 1.21. The van der Waals surface area contributed by atoms with Crippen LogP contribution in [0.15, 0.2) is 27.8 Å². The molecule has 0 aliphatic heterocycles. The van der Waals surface area contributed by atoms with Gasteiger partial charge in [-0.25, -0.2) is 4.99 Å². The lowest BCUT2D eigenvalue weighted by molar-refractivity contribution is 0.0976. The molecule has 0 radical (unpaired) electrons. The van der Waals surface area contributed by atoms with Crippen molar-refractivity contribution in [3.8, 4) is 0 Å². The van der Waals surface area contributed by atoms with Gasteiger partial charge in [-0.1, -0.05) is 0 Å². The van der Waals surface area contributed by atoms with Crippen LogP contribution >= 0.6 is 12.2 Å². The molecule has 1 aromatic heterocycles. The standard InChI is InChI=1S/C7H5NO2S/c9-6(4-8-5-11)7-2-1-3-10-7/h1-3H,4H2. The van der Waals surface area contributed by atoms with Crippen LogP contribution in [0, 0.1) is 0 Å². The molecule has 0 atom stereocenters. The second-order valence-electron chi connectivity index (χ2n) is 1.81. The maximum Gasteiger partial charge on any atom is 0.220 e. The molecule has 0 aliphatic carbocycles. The van der Waals surface area contributed by atoms with Crippen LogP contribution in [0.4, 0.5) is 0 Å². The first-order chi connectivity index (χ1) is 5.34. The molecular formula is C7H5NO2S. The summed E-state index contributed by atoms with van der Waals surface area (Å²) in [5.74, 6) is 0.117. The summed E-state index contributed by atoms with van der Waals surface area (Å²) >= 11 is 4.30. The highest BCUT2D eigenvalue weighted by atomic mass is 32.1. The van der Waals surface area contributed by atoms with Gasteiger partial charge in [0.1, 0.15) is 6.54 Å². The van der Waals surface area contributed by atoms with Crippen molar-refractivity contribution >= 4 is 23.2 Å². The van der Waals surface area contributed by atoms with Crippen LogP contribution in [0.25, 0.3) is 0 Å². The minimum atomic E-state index is -0.188. The van der Waals surface area contributed by atoms with Gasteiger partial charge in [0.15, 0.2) is 5.76 Å². The predicted octanol–water partition coefficient (Wildman–Crippen LogP) is 1.57. The van der Waals surface area contributed by atoms with Gasteiger partial charge >= 0.3 is 0 Å². The Morgan fingerprint density at radius 1 is 1.82 bits per heavy atom. The monoisotopic (exact) mass is 167 g/mol. The Labute approximate surface area is 68.7 Å². The zero-order valence-electron chi connectivity index (χ0n) is 5.61. The average molecular weight is 167 g/mol. The second-order valence-corrected chi connectivity index (χ2v) is 1.99. The van der Waals surface area contributed by atoms with E-state index < -0.39 is 0 Å². The Balaban J connectivity index is 2.63. The van der Waals surface area contributed by atoms with Crippen LogP contribution in [0.5, 0.6) is 0 Å². The molecule has 0 unspecified atom stereocenters. The van der Waals surface area contributed by atoms with E-state index in [0.29, 0.717) is 5.76 Å². The van der Waals surface area contributed by atoms with Crippen molar-refractivity contribution in [2.24, 2.45) is 4.99 Å². The summed E-state index contributed by atoms with van der Waals surface area (Å²) in [4.78, 5) is 14.5. The summed E-state index contributed by atoms with van der Waals surface area (Å²) in [6, 6.07) is 3.23. The van der Waals surface area contributed by atoms with E-state index in [1.54, 1.807) is 12.1 Å². The summed E-state index contributed by atoms with van der Waals surface area (Å²) in [6.07, 6.45) is 1.44. The Morgan fingerprint density at radius 2 is 2.64 bits per heavy atom. The number of furan rings is 1. The number of carbonyl (C=O) groups excluding carboxylic acids is 1. The molecule has 4 heteroatoms. The number of thiocarbonyl (C=S) groups is 1. The van der Waals surface area contributed by atoms with Crippen molar-refractivity contribution in [3.63, 3.8) is 0 Å². The number of isothiocyanates is 1. The van der Waals surface area contributed by atoms with Gasteiger partial charge < -0.3 is 4.42 Å². The number of ketones is 1. The van der Waals surface area contributed by atoms with Crippen LogP contribution < -0.4 is 0 Å². The van der Waals surface area contributed by atoms with Gasteiger partial charge in [0.25, 0.3) is 0 Å². The molecule has 3 nitrogen and oxygen atoms in total. The summed E-state index contributed by atoms with van der Waals surface area (Å²) in [5.41, 5.74) is 0. The molecule has 0 bridgehead atoms. The van der Waals surface area contributed by atoms with Gasteiger partial charge in [0.2, 0.25) is 5.78 Å². The van der Waals surface area contributed by atoms with Crippen LogP contribution in [-0.2, 0) is 0 Å². The van der Waals surface area contributed by atoms with Gasteiger partial charge in [0, 0.05) is 0 Å². The van der Waals surface area contributed by atoms with Crippen molar-refractivity contribution in [2.45, 2.75) is 0 Å². The van der Waals surface area contributed by atoms with Crippen molar-refractivity contribution in [1.29, 1.82) is 0 Å². The van der Waals surface area contributed by atoms with E-state index in [9.17, 15) is 4.79 Å². The SMILES string of the molecule is O=C(CN=C=S)c1ccco1. The number of aliphatic imine (C=N–C) groups is 1. The van der Waals surface area contributed by atoms with Crippen LogP contribution in [0.2, 0.25) is 0 Å². The van der Waals surface area contributed by atoms with E-state index in [1.807, 2.05) is 0 Å². The molecule has 0 aliphatic rings. The van der Waals surface area contributed by atoms with Crippen molar-refractivity contribution in [2.75, 3.05) is 6.54 Å². The van der Waals surface area contributed by atoms with E-state index in [-0.39, 0.29) is 12.3 Å². The van der Waals surface area contributed by atoms with Gasteiger partial charge in [-0.05, 0) is 24.4 Å². The molecule has 1 aromatic rings. The molecule has 1 rings (SSSR count). The number of hydrogen-bond acceptors (Lipinski definition) is 4. The van der Waals surface area contributed by atoms with Crippen LogP contribution in [0.1, 0.15) is 10.6 Å². The Hall–Kier alpha value is -1.25. The maximum absolute atomic E-state index is 11.0. The lowest BCUT2D eigenvalue weighted by atomic mass is 10.3. The highest BCUT2D eigenvalue weighted by molar-refractivity contribution is 7.78. The van der Waals surface area contributed by atoms with Gasteiger partial charge in [0.05, 0.1) is 11.4 Å². The molecule has 1 heterocycles. The first-order valence-corrected chi connectivity index (χ1v) is 3.36. The largest absolute Gasteiger partial charge is 0.461 e. The van der Waals surface area contributed by atoms with Gasteiger partial charge in [-0.2, -0.15) is 0 Å². The first-order valence-electron chi connectivity index (χ1n) is 2.95. The maximum atomic E-state index is 11.0. The molecule has 0 saturated carbocycles. The predicted molar refractivity (Wildman–Crippen MR) is 42.9 cm³/mol. The molecule has 0 amide bonds. The lowest BCUT2D eigenvalue weighted by Gasteiger charge is -1.87. The van der Waals surface area contributed by atoms with Gasteiger partial charge in [-0.15, -0.1) is 0 Å². The first kappa shape index (κ1) is 7.85. The molecule has 0 fully saturated rings. The van der Waals surface area contributed by atoms with Crippen molar-refractivity contribution < 1.29 is 9.21 Å². The second kappa shape index (κ2) is 3.81. The molecule has 0 spiro atoms. The van der Waals surface area contributed by atoms with Crippen molar-refractivity contribution in [3.05, 3.63) is 24.2 Å². The van der Waals surface area contributed by atoms with Crippen LogP contribution in [-0.4, -0.2) is 17.5 Å². The summed E-state index contributed by atoms with van der Waals surface area (Å²) < 4.78 is 4.82. The molecular weight excluding hydrogens is 162 g/mol. The van der Waals surface area contributed by atoms with E-state index in [4.69, 9.17) is 4.42 Å². The summed E-state index contributed by atoms with van der Waals surface area (Å²) in [7, 11) is 0. The Morgan fingerprint density at radius 3 is 3.18 bits per heavy atom. The highest BCUT2D eigenvalue weighted by Crippen LogP contribution is 2.00. The summed E-state index contributed by atoms with van der Waals surface area (Å²) in [6.45, 7) is 0.0109. The molecule has 11 heavy (non-hydrogen) atoms. The van der Waals surface area contributed by atoms with E-state index in [2.05, 4.69) is 22.4 Å². The van der Waals surface area contributed by atoms with Crippen molar-refractivity contribution in [1.82, 2.24) is 0 Å². The smallest absolute Gasteiger partial charge is 0.220 e. The summed E-state index contributed by atoms with van der Waals surface area (Å²) in [5, 5.41) is 2.11. The molecule has 0 N–H and O–H groups in total. The normalized spacial score (nSPS) is 8.73. The highest BCUT2D eigenvalue weighted by Gasteiger charge is 2.05. The fourth-order valence-electron chi connectivity index (χ4n) is 0.619. The fraction of sp³-hybridized carbons (Fsp3) is 0.143. The number of carbonyl (C=O) groups is 1. The number of Topliss-reactive ketones (excluding diaryl/α,β-unsaturated/α-hetero) is 1. The number of rotatable bonds is 3. The van der Waals surface area contributed by atoms with Gasteiger partial charge in [-0.3, -0.25) is 4.79 Å². The minimum Gasteiger partial charge on any atom is -0.461 e. The lowest BCUT2D eigenvalue weighted by Crippen LogP contribution is -2.00. The third kappa shape index (κ3) is 2.11.